The third-order valence-corrected chi connectivity index (χ3v) is 2.34. The molecule has 1 heterocycles. The summed E-state index contributed by atoms with van der Waals surface area (Å²) in [5, 5.41) is 0.0400. The van der Waals surface area contributed by atoms with E-state index < -0.39 is 5.95 Å². The van der Waals surface area contributed by atoms with Crippen molar-refractivity contribution in [3.05, 3.63) is 29.3 Å². The van der Waals surface area contributed by atoms with E-state index in [1.165, 1.54) is 19.2 Å². The van der Waals surface area contributed by atoms with E-state index in [-0.39, 0.29) is 5.12 Å². The third-order valence-electron chi connectivity index (χ3n) is 1.65. The maximum atomic E-state index is 12.6. The lowest BCUT2D eigenvalue weighted by Gasteiger charge is -1.95. The van der Waals surface area contributed by atoms with Crippen molar-refractivity contribution in [3.8, 4) is 11.8 Å². The number of hydrogen-bond acceptors (Lipinski definition) is 3. The first-order chi connectivity index (χ1) is 7.09. The number of aryl methyl sites for hydroxylation is 1. The highest BCUT2D eigenvalue weighted by molar-refractivity contribution is 8.13. The Bertz CT molecular complexity index is 434. The quantitative estimate of drug-likeness (QED) is 0.540. The molecular weight excluding hydrogens is 213 g/mol. The molecule has 0 aliphatic heterocycles. The van der Waals surface area contributed by atoms with Crippen molar-refractivity contribution < 1.29 is 9.18 Å². The molecule has 0 spiro atoms. The summed E-state index contributed by atoms with van der Waals surface area (Å²) in [5.41, 5.74) is 1.45. The minimum atomic E-state index is -0.504. The molecule has 0 saturated heterocycles. The summed E-state index contributed by atoms with van der Waals surface area (Å²) in [4.78, 5) is 14.1. The van der Waals surface area contributed by atoms with Gasteiger partial charge in [0.25, 0.3) is 0 Å². The van der Waals surface area contributed by atoms with Gasteiger partial charge in [0.15, 0.2) is 5.12 Å². The Morgan fingerprint density at radius 1 is 1.67 bits per heavy atom. The molecule has 0 amide bonds. The van der Waals surface area contributed by atoms with Gasteiger partial charge in [0, 0.05) is 18.7 Å². The van der Waals surface area contributed by atoms with Gasteiger partial charge in [0.1, 0.15) is 0 Å². The number of hydrogen-bond donors (Lipinski definition) is 0. The van der Waals surface area contributed by atoms with Crippen molar-refractivity contribution in [1.82, 2.24) is 4.98 Å². The van der Waals surface area contributed by atoms with E-state index in [0.29, 0.717) is 11.3 Å². The van der Waals surface area contributed by atoms with Crippen LogP contribution >= 0.6 is 11.8 Å². The van der Waals surface area contributed by atoms with Crippen LogP contribution in [0.3, 0.4) is 0 Å². The smallest absolute Gasteiger partial charge is 0.213 e. The van der Waals surface area contributed by atoms with E-state index in [1.807, 2.05) is 0 Å². The molecule has 0 saturated carbocycles. The molecule has 78 valence electrons. The topological polar surface area (TPSA) is 30.0 Å². The van der Waals surface area contributed by atoms with Crippen LogP contribution in [0, 0.1) is 24.7 Å². The zero-order valence-corrected chi connectivity index (χ0v) is 9.32. The van der Waals surface area contributed by atoms with Crippen molar-refractivity contribution in [2.45, 2.75) is 13.8 Å². The van der Waals surface area contributed by atoms with Gasteiger partial charge >= 0.3 is 0 Å². The van der Waals surface area contributed by atoms with Crippen LogP contribution in [-0.4, -0.2) is 15.9 Å². The first-order valence-electron chi connectivity index (χ1n) is 4.34. The minimum absolute atomic E-state index is 0.0400. The number of halogens is 1. The van der Waals surface area contributed by atoms with E-state index in [2.05, 4.69) is 16.8 Å². The minimum Gasteiger partial charge on any atom is -0.288 e. The predicted octanol–water partition coefficient (Wildman–Crippen LogP) is 2.16. The van der Waals surface area contributed by atoms with Crippen molar-refractivity contribution in [2.75, 3.05) is 5.75 Å². The summed E-state index contributed by atoms with van der Waals surface area (Å²) in [7, 11) is 0. The standard InChI is InChI=1S/C11H10FNOS/c1-8-6-11(12)13-7-10(8)4-3-5-15-9(2)14/h6-7H,5H2,1-2H3. The molecule has 0 unspecified atom stereocenters. The van der Waals surface area contributed by atoms with Crippen LogP contribution in [0.15, 0.2) is 12.3 Å². The van der Waals surface area contributed by atoms with Gasteiger partial charge in [0.05, 0.1) is 5.75 Å². The molecule has 4 heteroatoms. The highest BCUT2D eigenvalue weighted by atomic mass is 32.2. The van der Waals surface area contributed by atoms with Crippen LogP contribution in [0.25, 0.3) is 0 Å². The van der Waals surface area contributed by atoms with Gasteiger partial charge in [0.2, 0.25) is 5.95 Å². The van der Waals surface area contributed by atoms with Gasteiger partial charge in [-0.2, -0.15) is 4.39 Å². The van der Waals surface area contributed by atoms with Crippen LogP contribution in [-0.2, 0) is 4.79 Å². The van der Waals surface area contributed by atoms with E-state index in [4.69, 9.17) is 0 Å². The number of pyridine rings is 1. The third kappa shape index (κ3) is 4.13. The van der Waals surface area contributed by atoms with Gasteiger partial charge in [-0.15, -0.1) is 0 Å². The summed E-state index contributed by atoms with van der Waals surface area (Å²) >= 11 is 1.15. The monoisotopic (exact) mass is 223 g/mol. The van der Waals surface area contributed by atoms with Crippen LogP contribution in [0.2, 0.25) is 0 Å². The molecule has 0 aliphatic rings. The van der Waals surface area contributed by atoms with E-state index in [1.54, 1.807) is 6.92 Å². The van der Waals surface area contributed by atoms with Crippen LogP contribution in [0.4, 0.5) is 4.39 Å². The average molecular weight is 223 g/mol. The molecule has 0 fully saturated rings. The fourth-order valence-corrected chi connectivity index (χ4v) is 1.27. The van der Waals surface area contributed by atoms with Gasteiger partial charge in [-0.3, -0.25) is 4.79 Å². The summed E-state index contributed by atoms with van der Waals surface area (Å²) in [6, 6.07) is 1.34. The lowest BCUT2D eigenvalue weighted by molar-refractivity contribution is -0.109. The van der Waals surface area contributed by atoms with Crippen LogP contribution < -0.4 is 0 Å². The largest absolute Gasteiger partial charge is 0.288 e. The normalized spacial score (nSPS) is 9.27. The molecule has 0 aliphatic carbocycles. The SMILES string of the molecule is CC(=O)SCC#Cc1cnc(F)cc1C. The Morgan fingerprint density at radius 2 is 2.40 bits per heavy atom. The Hall–Kier alpha value is -1.34. The van der Waals surface area contributed by atoms with Crippen molar-refractivity contribution in [3.63, 3.8) is 0 Å². The molecule has 0 bridgehead atoms. The molecule has 0 N–H and O–H groups in total. The van der Waals surface area contributed by atoms with Gasteiger partial charge in [-0.05, 0) is 18.6 Å². The average Bonchev–Trinajstić information content (AvgIpc) is 2.14. The molecule has 0 radical (unpaired) electrons. The molecule has 15 heavy (non-hydrogen) atoms. The molecule has 2 nitrogen and oxygen atoms in total. The van der Waals surface area contributed by atoms with Crippen molar-refractivity contribution in [2.24, 2.45) is 0 Å². The van der Waals surface area contributed by atoms with Gasteiger partial charge < -0.3 is 0 Å². The summed E-state index contributed by atoms with van der Waals surface area (Å²) in [6.07, 6.45) is 1.40. The highest BCUT2D eigenvalue weighted by Crippen LogP contribution is 2.06. The zero-order valence-electron chi connectivity index (χ0n) is 8.50. The summed E-state index contributed by atoms with van der Waals surface area (Å²) in [5.74, 6) is 5.61. The number of carbonyl (C=O) groups is 1. The Kier molecular flexibility index (Phi) is 4.32. The molecule has 0 aromatic carbocycles. The lowest BCUT2D eigenvalue weighted by Crippen LogP contribution is -1.89. The van der Waals surface area contributed by atoms with E-state index >= 15 is 0 Å². The van der Waals surface area contributed by atoms with Crippen molar-refractivity contribution in [1.29, 1.82) is 0 Å². The molecular formula is C11H10FNOS. The number of carbonyl (C=O) groups excluding carboxylic acids is 1. The number of rotatable bonds is 1. The second kappa shape index (κ2) is 5.52. The summed E-state index contributed by atoms with van der Waals surface area (Å²) in [6.45, 7) is 3.27. The molecule has 1 aromatic heterocycles. The van der Waals surface area contributed by atoms with Crippen molar-refractivity contribution >= 4 is 16.9 Å². The maximum absolute atomic E-state index is 12.6. The molecule has 0 atom stereocenters. The van der Waals surface area contributed by atoms with E-state index in [9.17, 15) is 9.18 Å². The second-order valence-electron chi connectivity index (χ2n) is 2.90. The van der Waals surface area contributed by atoms with Gasteiger partial charge in [-0.25, -0.2) is 4.98 Å². The number of aromatic nitrogens is 1. The predicted molar refractivity (Wildman–Crippen MR) is 58.9 cm³/mol. The Morgan fingerprint density at radius 3 is 3.00 bits per heavy atom. The fraction of sp³-hybridized carbons (Fsp3) is 0.273. The lowest BCUT2D eigenvalue weighted by atomic mass is 10.2. The Labute approximate surface area is 92.3 Å². The van der Waals surface area contributed by atoms with E-state index in [0.717, 1.165) is 17.3 Å². The first-order valence-corrected chi connectivity index (χ1v) is 5.32. The second-order valence-corrected chi connectivity index (χ2v) is 4.06. The molecule has 1 rings (SSSR count). The zero-order chi connectivity index (χ0) is 11.3. The fourth-order valence-electron chi connectivity index (χ4n) is 0.922. The molecule has 1 aromatic rings. The number of nitrogens with zero attached hydrogens (tertiary/aromatic N) is 1. The highest BCUT2D eigenvalue weighted by Gasteiger charge is 1.97. The maximum Gasteiger partial charge on any atom is 0.213 e. The summed E-state index contributed by atoms with van der Waals surface area (Å²) < 4.78 is 12.6. The Balaban J connectivity index is 2.67. The van der Waals surface area contributed by atoms with Crippen LogP contribution in [0.5, 0.6) is 0 Å². The number of thioether (sulfide) groups is 1. The van der Waals surface area contributed by atoms with Crippen LogP contribution in [0.1, 0.15) is 18.1 Å². The first kappa shape index (κ1) is 11.7. The van der Waals surface area contributed by atoms with Gasteiger partial charge in [-0.1, -0.05) is 23.6 Å².